The van der Waals surface area contributed by atoms with Crippen molar-refractivity contribution in [3.05, 3.63) is 51.2 Å². The van der Waals surface area contributed by atoms with Crippen LogP contribution in [0.2, 0.25) is 0 Å². The fourth-order valence-corrected chi connectivity index (χ4v) is 1.92. The van der Waals surface area contributed by atoms with E-state index < -0.39 is 4.92 Å². The Kier molecular flexibility index (Phi) is 3.56. The second-order valence-electron chi connectivity index (χ2n) is 4.65. The van der Waals surface area contributed by atoms with E-state index in [-0.39, 0.29) is 5.69 Å². The van der Waals surface area contributed by atoms with E-state index in [1.54, 1.807) is 19.1 Å². The molecule has 0 spiro atoms. The number of hydrogen-bond acceptors (Lipinski definition) is 5. The number of rotatable bonds is 3. The number of aromatic nitrogens is 1. The molecule has 1 aromatic carbocycles. The summed E-state index contributed by atoms with van der Waals surface area (Å²) in [7, 11) is 0. The highest BCUT2D eigenvalue weighted by molar-refractivity contribution is 5.51. The highest BCUT2D eigenvalue weighted by atomic mass is 16.6. The number of nitrogens with two attached hydrogens (primary N) is 1. The van der Waals surface area contributed by atoms with Gasteiger partial charge in [0, 0.05) is 11.1 Å². The van der Waals surface area contributed by atoms with Crippen LogP contribution in [0.1, 0.15) is 16.7 Å². The molecule has 2 aromatic rings. The summed E-state index contributed by atoms with van der Waals surface area (Å²) in [5.41, 5.74) is 8.38. The van der Waals surface area contributed by atoms with Gasteiger partial charge in [-0.05, 0) is 38.5 Å². The highest BCUT2D eigenvalue weighted by Gasteiger charge is 2.15. The second-order valence-corrected chi connectivity index (χ2v) is 4.65. The molecule has 6 nitrogen and oxygen atoms in total. The molecular formula is C14H15N3O3. The zero-order valence-electron chi connectivity index (χ0n) is 11.5. The number of anilines is 1. The van der Waals surface area contributed by atoms with Crippen molar-refractivity contribution in [1.82, 2.24) is 4.98 Å². The molecule has 1 aromatic heterocycles. The zero-order chi connectivity index (χ0) is 14.9. The van der Waals surface area contributed by atoms with Crippen LogP contribution >= 0.6 is 0 Å². The standard InChI is InChI=1S/C14H15N3O3/c1-8-4-9(2)13(6-12(8)17(18)19)20-14-10(3)5-11(15)7-16-14/h4-7H,15H2,1-3H3. The van der Waals surface area contributed by atoms with Crippen LogP contribution in [0.5, 0.6) is 11.6 Å². The van der Waals surface area contributed by atoms with Crippen molar-refractivity contribution in [2.75, 3.05) is 5.73 Å². The van der Waals surface area contributed by atoms with Crippen molar-refractivity contribution in [3.8, 4) is 11.6 Å². The van der Waals surface area contributed by atoms with Crippen molar-refractivity contribution in [2.45, 2.75) is 20.8 Å². The van der Waals surface area contributed by atoms with Gasteiger partial charge in [-0.25, -0.2) is 4.98 Å². The minimum atomic E-state index is -0.426. The third-order valence-electron chi connectivity index (χ3n) is 2.95. The lowest BCUT2D eigenvalue weighted by Crippen LogP contribution is -1.98. The van der Waals surface area contributed by atoms with Crippen LogP contribution < -0.4 is 10.5 Å². The molecule has 0 aliphatic heterocycles. The molecule has 2 N–H and O–H groups in total. The Hall–Kier alpha value is -2.63. The molecule has 104 valence electrons. The zero-order valence-corrected chi connectivity index (χ0v) is 11.5. The fraction of sp³-hybridized carbons (Fsp3) is 0.214. The SMILES string of the molecule is Cc1cc(C)c([N+](=O)[O-])cc1Oc1ncc(N)cc1C. The van der Waals surface area contributed by atoms with E-state index in [2.05, 4.69) is 4.98 Å². The smallest absolute Gasteiger partial charge is 0.276 e. The predicted octanol–water partition coefficient (Wildman–Crippen LogP) is 3.29. The Morgan fingerprint density at radius 3 is 2.45 bits per heavy atom. The van der Waals surface area contributed by atoms with Gasteiger partial charge in [-0.15, -0.1) is 0 Å². The van der Waals surface area contributed by atoms with Crippen molar-refractivity contribution in [2.24, 2.45) is 0 Å². The minimum absolute atomic E-state index is 0.0266. The average molecular weight is 273 g/mol. The average Bonchev–Trinajstić information content (AvgIpc) is 2.35. The quantitative estimate of drug-likeness (QED) is 0.684. The lowest BCUT2D eigenvalue weighted by atomic mass is 10.1. The fourth-order valence-electron chi connectivity index (χ4n) is 1.92. The van der Waals surface area contributed by atoms with Crippen LogP contribution in [0, 0.1) is 30.9 Å². The first-order chi connectivity index (χ1) is 9.38. The maximum atomic E-state index is 11.0. The topological polar surface area (TPSA) is 91.3 Å². The molecule has 0 bridgehead atoms. The van der Waals surface area contributed by atoms with E-state index in [0.717, 1.165) is 11.1 Å². The Morgan fingerprint density at radius 2 is 1.85 bits per heavy atom. The number of nitrogens with zero attached hydrogens (tertiary/aromatic N) is 2. The van der Waals surface area contributed by atoms with Gasteiger partial charge in [0.2, 0.25) is 5.88 Å². The van der Waals surface area contributed by atoms with Gasteiger partial charge >= 0.3 is 0 Å². The lowest BCUT2D eigenvalue weighted by Gasteiger charge is -2.11. The van der Waals surface area contributed by atoms with Crippen LogP contribution in [0.15, 0.2) is 24.4 Å². The molecule has 0 fully saturated rings. The summed E-state index contributed by atoms with van der Waals surface area (Å²) in [6, 6.07) is 4.88. The minimum Gasteiger partial charge on any atom is -0.438 e. The molecule has 2 rings (SSSR count). The summed E-state index contributed by atoms with van der Waals surface area (Å²) in [5.74, 6) is 0.808. The first-order valence-corrected chi connectivity index (χ1v) is 6.04. The van der Waals surface area contributed by atoms with Crippen molar-refractivity contribution in [1.29, 1.82) is 0 Å². The maximum Gasteiger partial charge on any atom is 0.276 e. The van der Waals surface area contributed by atoms with E-state index in [4.69, 9.17) is 10.5 Å². The first kappa shape index (κ1) is 13.8. The summed E-state index contributed by atoms with van der Waals surface area (Å²) in [4.78, 5) is 14.6. The van der Waals surface area contributed by atoms with Gasteiger partial charge in [0.1, 0.15) is 5.75 Å². The number of aryl methyl sites for hydroxylation is 3. The van der Waals surface area contributed by atoms with Crippen LogP contribution in [0.3, 0.4) is 0 Å². The van der Waals surface area contributed by atoms with Gasteiger partial charge in [-0.1, -0.05) is 0 Å². The second kappa shape index (κ2) is 5.16. The number of ether oxygens (including phenoxy) is 1. The van der Waals surface area contributed by atoms with Crippen molar-refractivity contribution < 1.29 is 9.66 Å². The number of hydrogen-bond donors (Lipinski definition) is 1. The van der Waals surface area contributed by atoms with Crippen molar-refractivity contribution >= 4 is 11.4 Å². The van der Waals surface area contributed by atoms with E-state index >= 15 is 0 Å². The third kappa shape index (κ3) is 2.69. The third-order valence-corrected chi connectivity index (χ3v) is 2.95. The molecule has 0 amide bonds. The lowest BCUT2D eigenvalue weighted by molar-refractivity contribution is -0.385. The van der Waals surface area contributed by atoms with Gasteiger partial charge < -0.3 is 10.5 Å². The Bertz CT molecular complexity index is 684. The maximum absolute atomic E-state index is 11.0. The van der Waals surface area contributed by atoms with Crippen LogP contribution in [0.4, 0.5) is 11.4 Å². The summed E-state index contributed by atoms with van der Waals surface area (Å²) < 4.78 is 5.67. The van der Waals surface area contributed by atoms with Gasteiger partial charge in [0.05, 0.1) is 22.9 Å². The predicted molar refractivity (Wildman–Crippen MR) is 76.0 cm³/mol. The normalized spacial score (nSPS) is 10.3. The molecular weight excluding hydrogens is 258 g/mol. The molecule has 0 aliphatic carbocycles. The van der Waals surface area contributed by atoms with E-state index in [1.165, 1.54) is 12.3 Å². The largest absolute Gasteiger partial charge is 0.438 e. The summed E-state index contributed by atoms with van der Waals surface area (Å²) in [5, 5.41) is 11.0. The Labute approximate surface area is 116 Å². The summed E-state index contributed by atoms with van der Waals surface area (Å²) >= 11 is 0. The molecule has 0 radical (unpaired) electrons. The van der Waals surface area contributed by atoms with E-state index in [1.807, 2.05) is 13.8 Å². The molecule has 0 unspecified atom stereocenters. The molecule has 20 heavy (non-hydrogen) atoms. The van der Waals surface area contributed by atoms with E-state index in [9.17, 15) is 10.1 Å². The Morgan fingerprint density at radius 1 is 1.15 bits per heavy atom. The first-order valence-electron chi connectivity index (χ1n) is 6.04. The van der Waals surface area contributed by atoms with Crippen LogP contribution in [-0.2, 0) is 0 Å². The van der Waals surface area contributed by atoms with Crippen molar-refractivity contribution in [3.63, 3.8) is 0 Å². The number of benzene rings is 1. The van der Waals surface area contributed by atoms with Crippen LogP contribution in [-0.4, -0.2) is 9.91 Å². The number of nitro groups is 1. The van der Waals surface area contributed by atoms with Gasteiger partial charge in [-0.3, -0.25) is 10.1 Å². The highest BCUT2D eigenvalue weighted by Crippen LogP contribution is 2.32. The number of pyridine rings is 1. The van der Waals surface area contributed by atoms with Gasteiger partial charge in [0.15, 0.2) is 0 Å². The molecule has 0 aliphatic rings. The molecule has 6 heteroatoms. The molecule has 0 atom stereocenters. The summed E-state index contributed by atoms with van der Waals surface area (Å²) in [6.45, 7) is 5.34. The Balaban J connectivity index is 2.43. The summed E-state index contributed by atoms with van der Waals surface area (Å²) in [6.07, 6.45) is 1.49. The molecule has 0 saturated heterocycles. The number of nitro benzene ring substituents is 1. The molecule has 0 saturated carbocycles. The number of nitrogen functional groups attached to an aromatic ring is 1. The van der Waals surface area contributed by atoms with Gasteiger partial charge in [-0.2, -0.15) is 0 Å². The monoisotopic (exact) mass is 273 g/mol. The van der Waals surface area contributed by atoms with Gasteiger partial charge in [0.25, 0.3) is 5.69 Å². The molecule has 1 heterocycles. The van der Waals surface area contributed by atoms with Crippen LogP contribution in [0.25, 0.3) is 0 Å². The van der Waals surface area contributed by atoms with E-state index in [0.29, 0.717) is 22.9 Å².